The fourth-order valence-corrected chi connectivity index (χ4v) is 2.00. The predicted molar refractivity (Wildman–Crippen MR) is 76.3 cm³/mol. The lowest BCUT2D eigenvalue weighted by atomic mass is 9.53. The fourth-order valence-electron chi connectivity index (χ4n) is 2.00. The van der Waals surface area contributed by atoms with E-state index < -0.39 is 0 Å². The number of aromatic amines is 1. The van der Waals surface area contributed by atoms with Gasteiger partial charge in [-0.25, -0.2) is 0 Å². The standard InChI is InChI=1S/C12H11B2N3O/c13-14-11-6-7-5-9(16-17-12(7)15-11)8-3-1-2-4-10(8)18/h1-6,14,18H,13H2,(H,15,17). The van der Waals surface area contributed by atoms with Gasteiger partial charge in [0.15, 0.2) is 5.65 Å². The Labute approximate surface area is 106 Å². The van der Waals surface area contributed by atoms with Crippen LogP contribution in [0.2, 0.25) is 0 Å². The summed E-state index contributed by atoms with van der Waals surface area (Å²) in [7, 11) is 3.02. The third-order valence-corrected chi connectivity index (χ3v) is 2.99. The molecule has 4 nitrogen and oxygen atoms in total. The normalized spacial score (nSPS) is 10.7. The summed E-state index contributed by atoms with van der Waals surface area (Å²) >= 11 is 0. The van der Waals surface area contributed by atoms with E-state index in [1.54, 1.807) is 12.1 Å². The van der Waals surface area contributed by atoms with E-state index in [-0.39, 0.29) is 5.75 Å². The van der Waals surface area contributed by atoms with Gasteiger partial charge in [0.25, 0.3) is 0 Å². The van der Waals surface area contributed by atoms with E-state index in [9.17, 15) is 5.11 Å². The Morgan fingerprint density at radius 1 is 1.17 bits per heavy atom. The lowest BCUT2D eigenvalue weighted by molar-refractivity contribution is 0.477. The molecule has 0 spiro atoms. The average Bonchev–Trinajstić information content (AvgIpc) is 2.81. The largest absolute Gasteiger partial charge is 0.507 e. The number of nitrogens with zero attached hydrogens (tertiary/aromatic N) is 2. The van der Waals surface area contributed by atoms with E-state index in [1.807, 2.05) is 18.2 Å². The SMILES string of the molecule is BBc1cc2cc(-c3ccccc3O)nnc2[nH]1. The quantitative estimate of drug-likeness (QED) is 0.611. The number of benzene rings is 1. The summed E-state index contributed by atoms with van der Waals surface area (Å²) in [6, 6.07) is 11.1. The number of phenols is 1. The van der Waals surface area contributed by atoms with Gasteiger partial charge in [-0.1, -0.05) is 12.1 Å². The van der Waals surface area contributed by atoms with Gasteiger partial charge in [-0.15, -0.1) is 10.2 Å². The second-order valence-corrected chi connectivity index (χ2v) is 4.20. The first kappa shape index (κ1) is 10.9. The van der Waals surface area contributed by atoms with Gasteiger partial charge in [0.05, 0.1) is 13.4 Å². The van der Waals surface area contributed by atoms with Gasteiger partial charge in [-0.05, 0) is 29.9 Å². The molecule has 1 aromatic carbocycles. The number of aromatic nitrogens is 3. The van der Waals surface area contributed by atoms with Gasteiger partial charge in [0.1, 0.15) is 12.9 Å². The number of H-pyrrole nitrogens is 1. The monoisotopic (exact) mass is 235 g/mol. The predicted octanol–water partition coefficient (Wildman–Crippen LogP) is -0.0596. The number of para-hydroxylation sites is 1. The van der Waals surface area contributed by atoms with Crippen LogP contribution in [-0.2, 0) is 0 Å². The molecule has 86 valence electrons. The lowest BCUT2D eigenvalue weighted by Crippen LogP contribution is -2.14. The molecule has 0 atom stereocenters. The zero-order valence-electron chi connectivity index (χ0n) is 10.0. The van der Waals surface area contributed by atoms with E-state index in [0.29, 0.717) is 11.3 Å². The van der Waals surface area contributed by atoms with Crippen molar-refractivity contribution in [3.05, 3.63) is 36.4 Å². The summed E-state index contributed by atoms with van der Waals surface area (Å²) in [4.78, 5) is 3.20. The molecule has 0 fully saturated rings. The number of hydrogen-bond acceptors (Lipinski definition) is 3. The molecule has 2 aromatic heterocycles. The Hall–Kier alpha value is -2.23. The molecule has 0 unspecified atom stereocenters. The van der Waals surface area contributed by atoms with Gasteiger partial charge < -0.3 is 10.1 Å². The van der Waals surface area contributed by atoms with Crippen molar-refractivity contribution in [3.63, 3.8) is 0 Å². The maximum atomic E-state index is 9.81. The second kappa shape index (κ2) is 4.22. The zero-order valence-corrected chi connectivity index (χ0v) is 10.0. The third-order valence-electron chi connectivity index (χ3n) is 2.99. The van der Waals surface area contributed by atoms with Crippen LogP contribution in [0.5, 0.6) is 5.75 Å². The van der Waals surface area contributed by atoms with E-state index in [1.165, 1.54) is 0 Å². The van der Waals surface area contributed by atoms with E-state index >= 15 is 0 Å². The second-order valence-electron chi connectivity index (χ2n) is 4.20. The van der Waals surface area contributed by atoms with Crippen molar-refractivity contribution in [3.8, 4) is 17.0 Å². The van der Waals surface area contributed by atoms with Crippen LogP contribution >= 0.6 is 0 Å². The Balaban J connectivity index is 2.16. The Bertz CT molecular complexity index is 711. The van der Waals surface area contributed by atoms with Crippen LogP contribution in [0.3, 0.4) is 0 Å². The van der Waals surface area contributed by atoms with Crippen molar-refractivity contribution in [2.45, 2.75) is 0 Å². The van der Waals surface area contributed by atoms with E-state index in [4.69, 9.17) is 0 Å². The molecule has 0 amide bonds. The van der Waals surface area contributed by atoms with Crippen molar-refractivity contribution in [2.24, 2.45) is 0 Å². The molecule has 3 aromatic rings. The first-order valence-electron chi connectivity index (χ1n) is 5.91. The van der Waals surface area contributed by atoms with Crippen molar-refractivity contribution in [1.82, 2.24) is 15.2 Å². The highest BCUT2D eigenvalue weighted by molar-refractivity contribution is 6.97. The van der Waals surface area contributed by atoms with Crippen LogP contribution in [-0.4, -0.2) is 35.2 Å². The minimum atomic E-state index is 0.220. The smallest absolute Gasteiger partial charge is 0.159 e. The van der Waals surface area contributed by atoms with Crippen molar-refractivity contribution in [1.29, 1.82) is 0 Å². The van der Waals surface area contributed by atoms with E-state index in [0.717, 1.165) is 23.8 Å². The Kier molecular flexibility index (Phi) is 2.55. The van der Waals surface area contributed by atoms with Crippen molar-refractivity contribution < 1.29 is 5.11 Å². The summed E-state index contributed by atoms with van der Waals surface area (Å²) in [5, 5.41) is 19.1. The minimum absolute atomic E-state index is 0.220. The molecule has 2 N–H and O–H groups in total. The van der Waals surface area contributed by atoms with Gasteiger partial charge in [-0.3, -0.25) is 0 Å². The van der Waals surface area contributed by atoms with Gasteiger partial charge in [0.2, 0.25) is 0 Å². The number of hydrogen-bond donors (Lipinski definition) is 2. The molecule has 0 saturated carbocycles. The van der Waals surface area contributed by atoms with Gasteiger partial charge >= 0.3 is 0 Å². The number of nitrogens with one attached hydrogen (secondary N) is 1. The Morgan fingerprint density at radius 2 is 2.00 bits per heavy atom. The molecule has 0 saturated heterocycles. The molecule has 0 aliphatic rings. The van der Waals surface area contributed by atoms with Crippen LogP contribution in [0.1, 0.15) is 0 Å². The summed E-state index contributed by atoms with van der Waals surface area (Å²) in [6.07, 6.45) is 0. The maximum Gasteiger partial charge on any atom is 0.159 e. The highest BCUT2D eigenvalue weighted by Crippen LogP contribution is 2.27. The van der Waals surface area contributed by atoms with E-state index in [2.05, 4.69) is 29.0 Å². The van der Waals surface area contributed by atoms with Crippen molar-refractivity contribution >= 4 is 31.5 Å². The summed E-state index contributed by atoms with van der Waals surface area (Å²) in [5.41, 5.74) is 3.30. The number of aromatic hydroxyl groups is 1. The lowest BCUT2D eigenvalue weighted by Gasteiger charge is -2.02. The molecule has 0 aliphatic heterocycles. The summed E-state index contributed by atoms with van der Waals surface area (Å²) in [5.74, 6) is 0.220. The van der Waals surface area contributed by atoms with Crippen LogP contribution in [0, 0.1) is 0 Å². The summed E-state index contributed by atoms with van der Waals surface area (Å²) < 4.78 is 0. The number of rotatable bonds is 2. The number of phenolic OH excluding ortho intramolecular Hbond substituents is 1. The van der Waals surface area contributed by atoms with Crippen LogP contribution < -0.4 is 5.59 Å². The van der Waals surface area contributed by atoms with Crippen LogP contribution in [0.25, 0.3) is 22.3 Å². The maximum absolute atomic E-state index is 9.81. The van der Waals surface area contributed by atoms with Crippen LogP contribution in [0.15, 0.2) is 36.4 Å². The molecule has 0 aliphatic carbocycles. The van der Waals surface area contributed by atoms with Gasteiger partial charge in [0, 0.05) is 10.9 Å². The molecule has 2 heterocycles. The fraction of sp³-hybridized carbons (Fsp3) is 0. The molecular formula is C12H11B2N3O. The molecule has 18 heavy (non-hydrogen) atoms. The topological polar surface area (TPSA) is 61.8 Å². The molecule has 6 heteroatoms. The Morgan fingerprint density at radius 3 is 2.78 bits per heavy atom. The zero-order chi connectivity index (χ0) is 12.5. The van der Waals surface area contributed by atoms with Gasteiger partial charge in [-0.2, -0.15) is 0 Å². The van der Waals surface area contributed by atoms with Crippen molar-refractivity contribution in [2.75, 3.05) is 0 Å². The third kappa shape index (κ3) is 1.75. The number of fused-ring (bicyclic) bond motifs is 1. The van der Waals surface area contributed by atoms with Crippen LogP contribution in [0.4, 0.5) is 0 Å². The highest BCUT2D eigenvalue weighted by Gasteiger charge is 2.08. The minimum Gasteiger partial charge on any atom is -0.507 e. The first-order valence-corrected chi connectivity index (χ1v) is 5.91. The molecule has 0 bridgehead atoms. The summed E-state index contributed by atoms with van der Waals surface area (Å²) in [6.45, 7) is 0. The molecule has 0 radical (unpaired) electrons. The highest BCUT2D eigenvalue weighted by atomic mass is 16.3. The molecule has 3 rings (SSSR count). The average molecular weight is 235 g/mol. The first-order chi connectivity index (χ1) is 8.78. The molecular weight excluding hydrogens is 224 g/mol.